The number of aryl methyl sites for hydroxylation is 2. The maximum atomic E-state index is 11.9. The van der Waals surface area contributed by atoms with Crippen LogP contribution in [0.1, 0.15) is 11.1 Å². The minimum atomic E-state index is -0.303. The van der Waals surface area contributed by atoms with E-state index in [1.807, 2.05) is 62.4 Å². The lowest BCUT2D eigenvalue weighted by Gasteiger charge is -2.05. The molecule has 122 valence electrons. The largest absolute Gasteiger partial charge is 0.484 e. The zero-order chi connectivity index (χ0) is 16.9. The second kappa shape index (κ2) is 7.00. The Kier molecular flexibility index (Phi) is 4.61. The van der Waals surface area contributed by atoms with Crippen LogP contribution in [0.5, 0.6) is 5.75 Å². The van der Waals surface area contributed by atoms with E-state index in [2.05, 4.69) is 10.5 Å². The van der Waals surface area contributed by atoms with Crippen LogP contribution in [0.4, 0.5) is 5.88 Å². The Morgan fingerprint density at radius 3 is 2.62 bits per heavy atom. The first-order valence-electron chi connectivity index (χ1n) is 7.63. The van der Waals surface area contributed by atoms with E-state index in [0.29, 0.717) is 17.3 Å². The first-order valence-corrected chi connectivity index (χ1v) is 7.63. The number of hydrogen-bond donors (Lipinski definition) is 1. The summed E-state index contributed by atoms with van der Waals surface area (Å²) in [6.07, 6.45) is 0. The number of carbonyl (C=O) groups is 1. The third-order valence-corrected chi connectivity index (χ3v) is 3.48. The maximum Gasteiger partial charge on any atom is 0.264 e. The number of nitrogens with zero attached hydrogens (tertiary/aromatic N) is 1. The van der Waals surface area contributed by atoms with Crippen molar-refractivity contribution in [3.63, 3.8) is 0 Å². The van der Waals surface area contributed by atoms with Crippen molar-refractivity contribution in [1.29, 1.82) is 0 Å². The number of ether oxygens (including phenoxy) is 1. The molecule has 0 aliphatic heterocycles. The lowest BCUT2D eigenvalue weighted by Crippen LogP contribution is -2.19. The number of nitrogens with one attached hydrogen (secondary N) is 1. The van der Waals surface area contributed by atoms with Gasteiger partial charge in [0.05, 0.1) is 0 Å². The summed E-state index contributed by atoms with van der Waals surface area (Å²) in [5.74, 6) is 0.648. The molecule has 0 saturated carbocycles. The number of amides is 1. The number of carbonyl (C=O) groups excluding carboxylic acids is 1. The van der Waals surface area contributed by atoms with E-state index < -0.39 is 0 Å². The van der Waals surface area contributed by atoms with E-state index in [1.165, 1.54) is 5.56 Å². The van der Waals surface area contributed by atoms with E-state index in [9.17, 15) is 4.79 Å². The molecule has 1 aromatic heterocycles. The third kappa shape index (κ3) is 4.01. The van der Waals surface area contributed by atoms with Gasteiger partial charge in [-0.25, -0.2) is 0 Å². The molecule has 5 nitrogen and oxygen atoms in total. The van der Waals surface area contributed by atoms with Gasteiger partial charge in [-0.15, -0.1) is 0 Å². The van der Waals surface area contributed by atoms with Gasteiger partial charge in [0.2, 0.25) is 5.88 Å². The van der Waals surface area contributed by atoms with Crippen LogP contribution in [0.15, 0.2) is 59.1 Å². The van der Waals surface area contributed by atoms with Gasteiger partial charge in [-0.1, -0.05) is 47.1 Å². The third-order valence-electron chi connectivity index (χ3n) is 3.48. The fraction of sp³-hybridized carbons (Fsp3) is 0.158. The fourth-order valence-electron chi connectivity index (χ4n) is 2.22. The Balaban J connectivity index is 1.58. The summed E-state index contributed by atoms with van der Waals surface area (Å²) in [4.78, 5) is 11.9. The molecule has 0 fully saturated rings. The molecule has 24 heavy (non-hydrogen) atoms. The van der Waals surface area contributed by atoms with Crippen LogP contribution in [0.3, 0.4) is 0 Å². The summed E-state index contributed by atoms with van der Waals surface area (Å²) in [5.41, 5.74) is 3.85. The molecule has 1 amide bonds. The van der Waals surface area contributed by atoms with Crippen LogP contribution in [0, 0.1) is 13.8 Å². The molecule has 0 atom stereocenters. The van der Waals surface area contributed by atoms with Crippen molar-refractivity contribution in [2.75, 3.05) is 11.9 Å². The van der Waals surface area contributed by atoms with Crippen molar-refractivity contribution in [3.8, 4) is 17.0 Å². The standard InChI is InChI=1S/C19H18N2O3/c1-13-6-8-15(9-7-13)17-11-19(24-21-17)20-18(22)12-23-16-5-3-4-14(2)10-16/h3-11H,12H2,1-2H3,(H,20,22). The Morgan fingerprint density at radius 2 is 1.88 bits per heavy atom. The highest BCUT2D eigenvalue weighted by Crippen LogP contribution is 2.22. The van der Waals surface area contributed by atoms with Crippen LogP contribution in [0.2, 0.25) is 0 Å². The van der Waals surface area contributed by atoms with Gasteiger partial charge in [-0.3, -0.25) is 10.1 Å². The molecule has 0 bridgehead atoms. The van der Waals surface area contributed by atoms with Gasteiger partial charge in [0.25, 0.3) is 5.91 Å². The van der Waals surface area contributed by atoms with Crippen molar-refractivity contribution >= 4 is 11.8 Å². The number of rotatable bonds is 5. The van der Waals surface area contributed by atoms with Crippen LogP contribution < -0.4 is 10.1 Å². The first kappa shape index (κ1) is 15.8. The molecular weight excluding hydrogens is 304 g/mol. The fourth-order valence-corrected chi connectivity index (χ4v) is 2.22. The molecule has 0 spiro atoms. The quantitative estimate of drug-likeness (QED) is 0.772. The predicted molar refractivity (Wildman–Crippen MR) is 92.0 cm³/mol. The normalized spacial score (nSPS) is 10.4. The highest BCUT2D eigenvalue weighted by Gasteiger charge is 2.10. The molecule has 5 heteroatoms. The van der Waals surface area contributed by atoms with Crippen LogP contribution in [0.25, 0.3) is 11.3 Å². The number of anilines is 1. The molecule has 3 aromatic rings. The number of hydrogen-bond acceptors (Lipinski definition) is 4. The van der Waals surface area contributed by atoms with Crippen LogP contribution >= 0.6 is 0 Å². The van der Waals surface area contributed by atoms with Crippen LogP contribution in [-0.4, -0.2) is 17.7 Å². The van der Waals surface area contributed by atoms with E-state index >= 15 is 0 Å². The molecule has 0 aliphatic carbocycles. The van der Waals surface area contributed by atoms with Crippen LogP contribution in [-0.2, 0) is 4.79 Å². The molecule has 1 heterocycles. The Bertz CT molecular complexity index is 838. The SMILES string of the molecule is Cc1ccc(-c2cc(NC(=O)COc3cccc(C)c3)on2)cc1. The molecule has 0 aliphatic rings. The minimum Gasteiger partial charge on any atom is -0.484 e. The summed E-state index contributed by atoms with van der Waals surface area (Å²) in [7, 11) is 0. The van der Waals surface area contributed by atoms with Crippen molar-refractivity contribution in [1.82, 2.24) is 5.16 Å². The summed E-state index contributed by atoms with van der Waals surface area (Å²) in [5, 5.41) is 6.60. The highest BCUT2D eigenvalue weighted by molar-refractivity contribution is 5.91. The monoisotopic (exact) mass is 322 g/mol. The molecule has 2 aromatic carbocycles. The smallest absolute Gasteiger partial charge is 0.264 e. The van der Waals surface area contributed by atoms with E-state index in [0.717, 1.165) is 11.1 Å². The van der Waals surface area contributed by atoms with Crippen molar-refractivity contribution in [2.24, 2.45) is 0 Å². The Labute approximate surface area is 140 Å². The average molecular weight is 322 g/mol. The zero-order valence-corrected chi connectivity index (χ0v) is 13.6. The van der Waals surface area contributed by atoms with E-state index in [-0.39, 0.29) is 12.5 Å². The summed E-state index contributed by atoms with van der Waals surface area (Å²) in [6.45, 7) is 3.89. The second-order valence-electron chi connectivity index (χ2n) is 5.60. The topological polar surface area (TPSA) is 64.4 Å². The van der Waals surface area contributed by atoms with Gasteiger partial charge >= 0.3 is 0 Å². The summed E-state index contributed by atoms with van der Waals surface area (Å²) >= 11 is 0. The molecule has 0 unspecified atom stereocenters. The Morgan fingerprint density at radius 1 is 1.08 bits per heavy atom. The molecule has 1 N–H and O–H groups in total. The zero-order valence-electron chi connectivity index (χ0n) is 13.6. The van der Waals surface area contributed by atoms with Gasteiger partial charge in [0.1, 0.15) is 11.4 Å². The summed E-state index contributed by atoms with van der Waals surface area (Å²) < 4.78 is 10.6. The molecule has 0 radical (unpaired) electrons. The van der Waals surface area contributed by atoms with E-state index in [4.69, 9.17) is 9.26 Å². The van der Waals surface area contributed by atoms with Gasteiger partial charge in [0.15, 0.2) is 6.61 Å². The number of benzene rings is 2. The highest BCUT2D eigenvalue weighted by atomic mass is 16.5. The minimum absolute atomic E-state index is 0.0932. The van der Waals surface area contributed by atoms with Gasteiger partial charge in [-0.2, -0.15) is 0 Å². The van der Waals surface area contributed by atoms with Crippen molar-refractivity contribution in [2.45, 2.75) is 13.8 Å². The van der Waals surface area contributed by atoms with Gasteiger partial charge in [-0.05, 0) is 31.5 Å². The van der Waals surface area contributed by atoms with Gasteiger partial charge < -0.3 is 9.26 Å². The maximum absolute atomic E-state index is 11.9. The first-order chi connectivity index (χ1) is 11.6. The van der Waals surface area contributed by atoms with E-state index in [1.54, 1.807) is 6.07 Å². The van der Waals surface area contributed by atoms with Gasteiger partial charge in [0, 0.05) is 11.6 Å². The number of aromatic nitrogens is 1. The van der Waals surface area contributed by atoms with Crippen molar-refractivity contribution < 1.29 is 14.1 Å². The lowest BCUT2D eigenvalue weighted by atomic mass is 10.1. The lowest BCUT2D eigenvalue weighted by molar-refractivity contribution is -0.118. The second-order valence-corrected chi connectivity index (χ2v) is 5.60. The Hall–Kier alpha value is -3.08. The molecule has 0 saturated heterocycles. The average Bonchev–Trinajstić information content (AvgIpc) is 3.02. The predicted octanol–water partition coefficient (Wildman–Crippen LogP) is 3.98. The summed E-state index contributed by atoms with van der Waals surface area (Å²) in [6, 6.07) is 17.1. The molecule has 3 rings (SSSR count). The van der Waals surface area contributed by atoms with Crippen molar-refractivity contribution in [3.05, 3.63) is 65.7 Å². The molecular formula is C19H18N2O3.